The first kappa shape index (κ1) is 23.3. The number of nitrogens with one attached hydrogen (secondary N) is 3. The number of hydrogen-bond acceptors (Lipinski definition) is 3. The Morgan fingerprint density at radius 1 is 0.882 bits per heavy atom. The summed E-state index contributed by atoms with van der Waals surface area (Å²) in [6.45, 7) is 4.08. The SMILES string of the molecule is Cc1ccc(CNC(=O)C(=O)Nn2c(C(=O)Nc3ccccc3C)cc3cc(Br)ccc32)cc1. The van der Waals surface area contributed by atoms with Gasteiger partial charge >= 0.3 is 11.8 Å². The molecule has 4 aromatic rings. The number of benzene rings is 3. The number of halogens is 1. The molecule has 0 fully saturated rings. The fourth-order valence-electron chi connectivity index (χ4n) is 3.49. The first-order valence-corrected chi connectivity index (χ1v) is 11.4. The monoisotopic (exact) mass is 518 g/mol. The molecule has 0 saturated heterocycles. The lowest BCUT2D eigenvalue weighted by Crippen LogP contribution is -2.39. The van der Waals surface area contributed by atoms with Crippen molar-refractivity contribution in [1.82, 2.24) is 9.99 Å². The Morgan fingerprint density at radius 2 is 1.62 bits per heavy atom. The molecule has 172 valence electrons. The summed E-state index contributed by atoms with van der Waals surface area (Å²) < 4.78 is 2.16. The van der Waals surface area contributed by atoms with Gasteiger partial charge in [0.25, 0.3) is 5.91 Å². The summed E-state index contributed by atoms with van der Waals surface area (Å²) in [7, 11) is 0. The molecule has 7 nitrogen and oxygen atoms in total. The first-order chi connectivity index (χ1) is 16.3. The van der Waals surface area contributed by atoms with Crippen LogP contribution in [-0.2, 0) is 16.1 Å². The molecular weight excluding hydrogens is 496 g/mol. The Balaban J connectivity index is 1.57. The molecule has 0 radical (unpaired) electrons. The first-order valence-electron chi connectivity index (χ1n) is 10.6. The van der Waals surface area contributed by atoms with Gasteiger partial charge in [-0.25, -0.2) is 4.68 Å². The van der Waals surface area contributed by atoms with Gasteiger partial charge in [-0.15, -0.1) is 0 Å². The Kier molecular flexibility index (Phi) is 6.79. The van der Waals surface area contributed by atoms with Crippen molar-refractivity contribution in [1.29, 1.82) is 0 Å². The van der Waals surface area contributed by atoms with Gasteiger partial charge in [-0.05, 0) is 55.3 Å². The molecule has 34 heavy (non-hydrogen) atoms. The molecule has 3 N–H and O–H groups in total. The fourth-order valence-corrected chi connectivity index (χ4v) is 3.87. The lowest BCUT2D eigenvalue weighted by atomic mass is 10.1. The Morgan fingerprint density at radius 3 is 2.35 bits per heavy atom. The van der Waals surface area contributed by atoms with E-state index in [-0.39, 0.29) is 12.2 Å². The van der Waals surface area contributed by atoms with Gasteiger partial charge in [0.15, 0.2) is 0 Å². The van der Waals surface area contributed by atoms with E-state index in [1.807, 2.05) is 62.4 Å². The molecule has 8 heteroatoms. The molecule has 0 saturated carbocycles. The second-order valence-electron chi connectivity index (χ2n) is 7.95. The van der Waals surface area contributed by atoms with Crippen LogP contribution in [0, 0.1) is 13.8 Å². The Hall–Kier alpha value is -3.91. The average Bonchev–Trinajstić information content (AvgIpc) is 3.17. The average molecular weight is 519 g/mol. The summed E-state index contributed by atoms with van der Waals surface area (Å²) in [4.78, 5) is 38.3. The van der Waals surface area contributed by atoms with E-state index in [4.69, 9.17) is 0 Å². The standard InChI is InChI=1S/C26H23BrN4O3/c1-16-7-9-18(10-8-16)15-28-25(33)26(34)30-31-22-12-11-20(27)13-19(22)14-23(31)24(32)29-21-6-4-3-5-17(21)2/h3-14H,15H2,1-2H3,(H,28,33)(H,29,32)(H,30,34). The molecule has 0 aliphatic carbocycles. The third-order valence-corrected chi connectivity index (χ3v) is 5.88. The lowest BCUT2D eigenvalue weighted by molar-refractivity contribution is -0.136. The second-order valence-corrected chi connectivity index (χ2v) is 8.86. The van der Waals surface area contributed by atoms with Gasteiger partial charge in [0.2, 0.25) is 0 Å². The van der Waals surface area contributed by atoms with E-state index in [1.165, 1.54) is 4.68 Å². The summed E-state index contributed by atoms with van der Waals surface area (Å²) in [6.07, 6.45) is 0. The zero-order valence-electron chi connectivity index (χ0n) is 18.7. The van der Waals surface area contributed by atoms with Crippen molar-refractivity contribution < 1.29 is 14.4 Å². The largest absolute Gasteiger partial charge is 0.344 e. The molecule has 0 aliphatic heterocycles. The van der Waals surface area contributed by atoms with Gasteiger partial charge in [0.05, 0.1) is 5.52 Å². The molecule has 3 aromatic carbocycles. The smallest absolute Gasteiger partial charge is 0.328 e. The highest BCUT2D eigenvalue weighted by Crippen LogP contribution is 2.24. The highest BCUT2D eigenvalue weighted by Gasteiger charge is 2.21. The van der Waals surface area contributed by atoms with Crippen LogP contribution in [0.25, 0.3) is 10.9 Å². The number of amides is 3. The summed E-state index contributed by atoms with van der Waals surface area (Å²) in [5.74, 6) is -2.09. The van der Waals surface area contributed by atoms with Crippen LogP contribution in [0.15, 0.2) is 77.3 Å². The van der Waals surface area contributed by atoms with Gasteiger partial charge in [-0.1, -0.05) is 64.0 Å². The van der Waals surface area contributed by atoms with Crippen molar-refractivity contribution in [3.8, 4) is 0 Å². The van der Waals surface area contributed by atoms with Crippen molar-refractivity contribution in [2.24, 2.45) is 0 Å². The number of rotatable bonds is 5. The van der Waals surface area contributed by atoms with Crippen LogP contribution >= 0.6 is 15.9 Å². The van der Waals surface area contributed by atoms with E-state index >= 15 is 0 Å². The van der Waals surface area contributed by atoms with Crippen molar-refractivity contribution in [3.63, 3.8) is 0 Å². The van der Waals surface area contributed by atoms with E-state index in [1.54, 1.807) is 24.3 Å². The molecular formula is C26H23BrN4O3. The minimum Gasteiger partial charge on any atom is -0.344 e. The van der Waals surface area contributed by atoms with E-state index in [0.29, 0.717) is 11.2 Å². The second kappa shape index (κ2) is 9.93. The molecule has 3 amide bonds. The van der Waals surface area contributed by atoms with Crippen LogP contribution in [0.3, 0.4) is 0 Å². The maximum atomic E-state index is 13.1. The van der Waals surface area contributed by atoms with Crippen molar-refractivity contribution >= 4 is 50.2 Å². The normalized spacial score (nSPS) is 10.7. The fraction of sp³-hybridized carbons (Fsp3) is 0.115. The van der Waals surface area contributed by atoms with E-state index < -0.39 is 17.7 Å². The molecule has 0 bridgehead atoms. The molecule has 0 spiro atoms. The van der Waals surface area contributed by atoms with Gasteiger partial charge in [0, 0.05) is 22.1 Å². The van der Waals surface area contributed by atoms with Crippen molar-refractivity contribution in [2.45, 2.75) is 20.4 Å². The van der Waals surface area contributed by atoms with Gasteiger partial charge in [-0.2, -0.15) is 0 Å². The zero-order valence-corrected chi connectivity index (χ0v) is 20.3. The molecule has 0 aliphatic rings. The summed E-state index contributed by atoms with van der Waals surface area (Å²) >= 11 is 3.43. The van der Waals surface area contributed by atoms with Gasteiger partial charge in [0.1, 0.15) is 5.69 Å². The predicted octanol–water partition coefficient (Wildman–Crippen LogP) is 4.66. The molecule has 1 heterocycles. The maximum Gasteiger partial charge on any atom is 0.328 e. The molecule has 1 aromatic heterocycles. The topological polar surface area (TPSA) is 92.2 Å². The molecule has 0 atom stereocenters. The Labute approximate surface area is 205 Å². The molecule has 0 unspecified atom stereocenters. The van der Waals surface area contributed by atoms with Crippen LogP contribution in [0.5, 0.6) is 0 Å². The zero-order chi connectivity index (χ0) is 24.2. The predicted molar refractivity (Wildman–Crippen MR) is 136 cm³/mol. The number of aromatic nitrogens is 1. The van der Waals surface area contributed by atoms with E-state index in [0.717, 1.165) is 26.5 Å². The maximum absolute atomic E-state index is 13.1. The van der Waals surface area contributed by atoms with E-state index in [2.05, 4.69) is 32.0 Å². The molecule has 4 rings (SSSR count). The minimum atomic E-state index is -0.877. The van der Waals surface area contributed by atoms with Crippen LogP contribution < -0.4 is 16.1 Å². The number of anilines is 1. The van der Waals surface area contributed by atoms with Crippen molar-refractivity contribution in [3.05, 3.63) is 99.7 Å². The number of hydrogen-bond donors (Lipinski definition) is 3. The highest BCUT2D eigenvalue weighted by atomic mass is 79.9. The summed E-state index contributed by atoms with van der Waals surface area (Å²) in [5, 5.41) is 6.21. The van der Waals surface area contributed by atoms with E-state index in [9.17, 15) is 14.4 Å². The number of carbonyl (C=O) groups excluding carboxylic acids is 3. The Bertz CT molecular complexity index is 1390. The quantitative estimate of drug-likeness (QED) is 0.335. The van der Waals surface area contributed by atoms with Gasteiger partial charge in [-0.3, -0.25) is 19.8 Å². The van der Waals surface area contributed by atoms with Crippen LogP contribution in [0.2, 0.25) is 0 Å². The highest BCUT2D eigenvalue weighted by molar-refractivity contribution is 9.10. The van der Waals surface area contributed by atoms with Gasteiger partial charge < -0.3 is 10.6 Å². The third-order valence-electron chi connectivity index (χ3n) is 5.38. The number of nitrogens with zero attached hydrogens (tertiary/aromatic N) is 1. The number of fused-ring (bicyclic) bond motifs is 1. The van der Waals surface area contributed by atoms with Crippen LogP contribution in [-0.4, -0.2) is 22.4 Å². The summed E-state index contributed by atoms with van der Waals surface area (Å²) in [5.41, 5.74) is 6.89. The number of para-hydroxylation sites is 1. The van der Waals surface area contributed by atoms with Crippen LogP contribution in [0.1, 0.15) is 27.2 Å². The van der Waals surface area contributed by atoms with Crippen LogP contribution in [0.4, 0.5) is 5.69 Å². The lowest BCUT2D eigenvalue weighted by Gasteiger charge is -2.13. The summed E-state index contributed by atoms with van der Waals surface area (Å²) in [6, 6.07) is 22.1. The number of aryl methyl sites for hydroxylation is 2. The number of carbonyl (C=O) groups is 3. The minimum absolute atomic E-state index is 0.191. The third kappa shape index (κ3) is 5.18. The van der Waals surface area contributed by atoms with Crippen molar-refractivity contribution in [2.75, 3.05) is 10.7 Å².